The normalized spacial score (nSPS) is 11.1. The summed E-state index contributed by atoms with van der Waals surface area (Å²) < 4.78 is 10.9. The molecule has 3 aromatic rings. The van der Waals surface area contributed by atoms with Gasteiger partial charge in [0.15, 0.2) is 0 Å². The Hall–Kier alpha value is -4.13. The number of hydrazone groups is 1. The van der Waals surface area contributed by atoms with Crippen molar-refractivity contribution >= 4 is 34.9 Å². The minimum absolute atomic E-state index is 0.208. The van der Waals surface area contributed by atoms with Gasteiger partial charge in [-0.2, -0.15) is 5.10 Å². The molecule has 0 heterocycles. The van der Waals surface area contributed by atoms with Crippen molar-refractivity contribution in [2.45, 2.75) is 6.92 Å². The van der Waals surface area contributed by atoms with Gasteiger partial charge < -0.3 is 14.8 Å². The van der Waals surface area contributed by atoms with Crippen LogP contribution in [0.4, 0.5) is 0 Å². The molecule has 7 nitrogen and oxygen atoms in total. The Kier molecular flexibility index (Phi) is 7.97. The van der Waals surface area contributed by atoms with Gasteiger partial charge in [0.1, 0.15) is 11.5 Å². The summed E-state index contributed by atoms with van der Waals surface area (Å²) in [5.74, 6) is 0.490. The maximum Gasteiger partial charge on any atom is 0.259 e. The number of amides is 2. The molecule has 7 heteroatoms. The lowest BCUT2D eigenvalue weighted by Crippen LogP contribution is -2.34. The largest absolute Gasteiger partial charge is 0.496 e. The molecule has 0 saturated heterocycles. The first-order chi connectivity index (χ1) is 15.6. The number of nitrogens with zero attached hydrogens (tertiary/aromatic N) is 1. The molecule has 0 aliphatic carbocycles. The molecule has 0 aliphatic heterocycles. The van der Waals surface area contributed by atoms with Gasteiger partial charge in [-0.05, 0) is 35.9 Å². The third kappa shape index (κ3) is 5.95. The first-order valence-electron chi connectivity index (χ1n) is 10.2. The molecule has 32 heavy (non-hydrogen) atoms. The number of carbonyl (C=O) groups excluding carboxylic acids is 2. The summed E-state index contributed by atoms with van der Waals surface area (Å²) in [4.78, 5) is 24.1. The molecule has 2 amide bonds. The number of rotatable bonds is 9. The Morgan fingerprint density at radius 2 is 1.78 bits per heavy atom. The molecule has 0 unspecified atom stereocenters. The van der Waals surface area contributed by atoms with Crippen LogP contribution >= 0.6 is 0 Å². The first kappa shape index (κ1) is 22.6. The van der Waals surface area contributed by atoms with Crippen molar-refractivity contribution in [1.29, 1.82) is 0 Å². The molecule has 0 aliphatic rings. The van der Waals surface area contributed by atoms with E-state index in [4.69, 9.17) is 9.47 Å². The molecule has 3 rings (SSSR count). The summed E-state index contributed by atoms with van der Waals surface area (Å²) in [5, 5.41) is 8.57. The van der Waals surface area contributed by atoms with E-state index in [1.165, 1.54) is 6.08 Å². The van der Waals surface area contributed by atoms with Crippen LogP contribution in [0.1, 0.15) is 18.1 Å². The standard InChI is InChI=1S/C25H25N3O4/c1-3-32-23-14-12-18-8-4-6-10-20(18)21(23)16-27-28-25(30)17-26-24(29)15-13-19-9-5-7-11-22(19)31-2/h4-16H,3,17H2,1-2H3,(H,26,29)(H,28,30). The SMILES string of the molecule is CCOc1ccc2ccccc2c1C=NNC(=O)CNC(=O)C=Cc1ccccc1OC. The Bertz CT molecular complexity index is 1150. The number of ether oxygens (including phenoxy) is 2. The van der Waals surface area contributed by atoms with E-state index in [-0.39, 0.29) is 6.54 Å². The summed E-state index contributed by atoms with van der Waals surface area (Å²) >= 11 is 0. The lowest BCUT2D eigenvalue weighted by Gasteiger charge is -2.10. The van der Waals surface area contributed by atoms with E-state index in [0.717, 1.165) is 21.9 Å². The fraction of sp³-hybridized carbons (Fsp3) is 0.160. The van der Waals surface area contributed by atoms with Crippen molar-refractivity contribution < 1.29 is 19.1 Å². The smallest absolute Gasteiger partial charge is 0.259 e. The van der Waals surface area contributed by atoms with Gasteiger partial charge in [-0.1, -0.05) is 48.5 Å². The maximum absolute atomic E-state index is 12.1. The zero-order chi connectivity index (χ0) is 22.8. The fourth-order valence-electron chi connectivity index (χ4n) is 3.09. The second-order valence-electron chi connectivity index (χ2n) is 6.72. The molecule has 0 atom stereocenters. The van der Waals surface area contributed by atoms with Crippen molar-refractivity contribution in [3.05, 3.63) is 77.9 Å². The number of hydrogen-bond acceptors (Lipinski definition) is 5. The van der Waals surface area contributed by atoms with Crippen molar-refractivity contribution in [3.8, 4) is 11.5 Å². The van der Waals surface area contributed by atoms with Crippen LogP contribution in [0.5, 0.6) is 11.5 Å². The maximum atomic E-state index is 12.1. The molecular formula is C25H25N3O4. The summed E-state index contributed by atoms with van der Waals surface area (Å²) in [6, 6.07) is 19.0. The number of fused-ring (bicyclic) bond motifs is 1. The predicted octanol–water partition coefficient (Wildman–Crippen LogP) is 3.53. The van der Waals surface area contributed by atoms with Crippen molar-refractivity contribution in [3.63, 3.8) is 0 Å². The average Bonchev–Trinajstić information content (AvgIpc) is 2.82. The van der Waals surface area contributed by atoms with Gasteiger partial charge >= 0.3 is 0 Å². The Morgan fingerprint density at radius 3 is 2.59 bits per heavy atom. The van der Waals surface area contributed by atoms with Gasteiger partial charge in [0.2, 0.25) is 5.91 Å². The quantitative estimate of drug-likeness (QED) is 0.308. The fourth-order valence-corrected chi connectivity index (χ4v) is 3.09. The van der Waals surface area contributed by atoms with Gasteiger partial charge in [-0.15, -0.1) is 0 Å². The van der Waals surface area contributed by atoms with E-state index in [1.54, 1.807) is 25.5 Å². The number of benzene rings is 3. The minimum Gasteiger partial charge on any atom is -0.496 e. The molecule has 3 aromatic carbocycles. The monoisotopic (exact) mass is 431 g/mol. The molecule has 0 bridgehead atoms. The molecule has 2 N–H and O–H groups in total. The molecular weight excluding hydrogens is 406 g/mol. The highest BCUT2D eigenvalue weighted by Crippen LogP contribution is 2.26. The van der Waals surface area contributed by atoms with E-state index in [9.17, 15) is 9.59 Å². The second-order valence-corrected chi connectivity index (χ2v) is 6.72. The average molecular weight is 431 g/mol. The topological polar surface area (TPSA) is 89.0 Å². The third-order valence-electron chi connectivity index (χ3n) is 4.59. The van der Waals surface area contributed by atoms with Crippen LogP contribution in [-0.4, -0.2) is 38.3 Å². The number of para-hydroxylation sites is 1. The van der Waals surface area contributed by atoms with Gasteiger partial charge in [-0.25, -0.2) is 5.43 Å². The summed E-state index contributed by atoms with van der Waals surface area (Å²) in [5.41, 5.74) is 3.96. The number of hydrogen-bond donors (Lipinski definition) is 2. The van der Waals surface area contributed by atoms with E-state index in [0.29, 0.717) is 18.1 Å². The van der Waals surface area contributed by atoms with Crippen LogP contribution < -0.4 is 20.2 Å². The summed E-state index contributed by atoms with van der Waals surface area (Å²) in [6.45, 7) is 2.21. The zero-order valence-electron chi connectivity index (χ0n) is 18.0. The van der Waals surface area contributed by atoms with E-state index >= 15 is 0 Å². The van der Waals surface area contributed by atoms with E-state index in [2.05, 4.69) is 15.8 Å². The van der Waals surface area contributed by atoms with Crippen LogP contribution in [0.25, 0.3) is 16.8 Å². The predicted molar refractivity (Wildman–Crippen MR) is 126 cm³/mol. The van der Waals surface area contributed by atoms with E-state index in [1.807, 2.05) is 61.5 Å². The Morgan fingerprint density at radius 1 is 1.00 bits per heavy atom. The first-order valence-corrected chi connectivity index (χ1v) is 10.2. The Balaban J connectivity index is 1.57. The number of carbonyl (C=O) groups is 2. The Labute approximate surface area is 186 Å². The lowest BCUT2D eigenvalue weighted by molar-refractivity contribution is -0.123. The highest BCUT2D eigenvalue weighted by molar-refractivity contribution is 6.02. The zero-order valence-corrected chi connectivity index (χ0v) is 18.0. The molecule has 0 saturated carbocycles. The third-order valence-corrected chi connectivity index (χ3v) is 4.59. The highest BCUT2D eigenvalue weighted by atomic mass is 16.5. The summed E-state index contributed by atoms with van der Waals surface area (Å²) in [6.07, 6.45) is 4.52. The summed E-state index contributed by atoms with van der Waals surface area (Å²) in [7, 11) is 1.56. The van der Waals surface area contributed by atoms with Crippen molar-refractivity contribution in [1.82, 2.24) is 10.7 Å². The van der Waals surface area contributed by atoms with Gasteiger partial charge in [0.25, 0.3) is 5.91 Å². The number of methoxy groups -OCH3 is 1. The van der Waals surface area contributed by atoms with Crippen LogP contribution in [0.3, 0.4) is 0 Å². The molecule has 0 aromatic heterocycles. The van der Waals surface area contributed by atoms with E-state index < -0.39 is 11.8 Å². The molecule has 0 radical (unpaired) electrons. The van der Waals surface area contributed by atoms with Gasteiger partial charge in [0.05, 0.1) is 26.5 Å². The van der Waals surface area contributed by atoms with Crippen molar-refractivity contribution in [2.75, 3.05) is 20.3 Å². The van der Waals surface area contributed by atoms with Crippen molar-refractivity contribution in [2.24, 2.45) is 5.10 Å². The minimum atomic E-state index is -0.446. The van der Waals surface area contributed by atoms with Gasteiger partial charge in [-0.3, -0.25) is 9.59 Å². The lowest BCUT2D eigenvalue weighted by atomic mass is 10.0. The van der Waals surface area contributed by atoms with Gasteiger partial charge in [0, 0.05) is 17.2 Å². The van der Waals surface area contributed by atoms with Crippen LogP contribution in [0.15, 0.2) is 71.8 Å². The highest BCUT2D eigenvalue weighted by Gasteiger charge is 2.07. The number of nitrogens with one attached hydrogen (secondary N) is 2. The second kappa shape index (κ2) is 11.3. The van der Waals surface area contributed by atoms with Crippen LogP contribution in [0.2, 0.25) is 0 Å². The molecule has 0 fully saturated rings. The van der Waals surface area contributed by atoms with Crippen LogP contribution in [-0.2, 0) is 9.59 Å². The van der Waals surface area contributed by atoms with Crippen LogP contribution in [0, 0.1) is 0 Å². The molecule has 164 valence electrons. The molecule has 0 spiro atoms.